The van der Waals surface area contributed by atoms with Gasteiger partial charge in [-0.1, -0.05) is 23.8 Å². The summed E-state index contributed by atoms with van der Waals surface area (Å²) in [4.78, 5) is 7.18. The van der Waals surface area contributed by atoms with Crippen LogP contribution in [-0.2, 0) is 13.0 Å². The quantitative estimate of drug-likeness (QED) is 0.453. The van der Waals surface area contributed by atoms with Crippen LogP contribution in [0, 0.1) is 12.7 Å². The fourth-order valence-electron chi connectivity index (χ4n) is 5.37. The van der Waals surface area contributed by atoms with Crippen LogP contribution in [0.1, 0.15) is 41.3 Å². The Hall–Kier alpha value is -3.25. The topological polar surface area (TPSA) is 42.7 Å². The fourth-order valence-corrected chi connectivity index (χ4v) is 5.37. The summed E-state index contributed by atoms with van der Waals surface area (Å²) in [6.07, 6.45) is 5.06. The maximum atomic E-state index is 14.5. The zero-order valence-corrected chi connectivity index (χ0v) is 18.3. The molecule has 2 atom stereocenters. The van der Waals surface area contributed by atoms with Gasteiger partial charge in [0.1, 0.15) is 11.6 Å². The monoisotopic (exact) mass is 428 g/mol. The normalized spacial score (nSPS) is 20.0. The molecule has 6 rings (SSSR count). The molecule has 0 aliphatic carbocycles. The molecule has 6 heteroatoms. The first-order valence-electron chi connectivity index (χ1n) is 11.1. The van der Waals surface area contributed by atoms with Crippen molar-refractivity contribution in [3.8, 4) is 17.0 Å². The molecule has 1 saturated heterocycles. The second kappa shape index (κ2) is 7.41. The largest absolute Gasteiger partial charge is 0.497 e. The molecule has 0 radical (unpaired) electrons. The van der Waals surface area contributed by atoms with Crippen molar-refractivity contribution in [1.82, 2.24) is 19.5 Å². The van der Waals surface area contributed by atoms with Crippen molar-refractivity contribution in [2.75, 3.05) is 7.11 Å². The van der Waals surface area contributed by atoms with Gasteiger partial charge in [0.25, 0.3) is 0 Å². The average Bonchev–Trinajstić information content (AvgIpc) is 3.35. The van der Waals surface area contributed by atoms with Crippen LogP contribution in [0.5, 0.6) is 5.75 Å². The summed E-state index contributed by atoms with van der Waals surface area (Å²) >= 11 is 0. The Kier molecular flexibility index (Phi) is 4.50. The van der Waals surface area contributed by atoms with Crippen LogP contribution < -0.4 is 4.74 Å². The summed E-state index contributed by atoms with van der Waals surface area (Å²) in [7, 11) is 1.61. The van der Waals surface area contributed by atoms with E-state index in [2.05, 4.69) is 42.2 Å². The third-order valence-corrected chi connectivity index (χ3v) is 6.97. The van der Waals surface area contributed by atoms with Crippen molar-refractivity contribution < 1.29 is 9.13 Å². The van der Waals surface area contributed by atoms with E-state index in [4.69, 9.17) is 14.8 Å². The molecule has 1 fully saturated rings. The van der Waals surface area contributed by atoms with Gasteiger partial charge in [-0.3, -0.25) is 4.90 Å². The van der Waals surface area contributed by atoms with Crippen LogP contribution in [-0.4, -0.2) is 32.6 Å². The number of hydrogen-bond donors (Lipinski definition) is 0. The zero-order valence-electron chi connectivity index (χ0n) is 18.3. The molecule has 4 aromatic rings. The number of fused-ring (bicyclic) bond motifs is 6. The minimum Gasteiger partial charge on any atom is -0.497 e. The Morgan fingerprint density at radius 2 is 2.03 bits per heavy atom. The van der Waals surface area contributed by atoms with Gasteiger partial charge in [0, 0.05) is 54.0 Å². The lowest BCUT2D eigenvalue weighted by Gasteiger charge is -2.36. The van der Waals surface area contributed by atoms with Gasteiger partial charge in [0.2, 0.25) is 0 Å². The molecule has 0 N–H and O–H groups in total. The van der Waals surface area contributed by atoms with Gasteiger partial charge in [0.05, 0.1) is 18.5 Å². The summed E-state index contributed by atoms with van der Waals surface area (Å²) in [6, 6.07) is 16.1. The SMILES string of the molecule is COc1ccc(F)c(CN2[C@@H]3CC[C@H]2c2cnc4cc(-c5cccc(C)c5)nn4c2C3)c1. The van der Waals surface area contributed by atoms with Crippen molar-refractivity contribution in [2.24, 2.45) is 0 Å². The van der Waals surface area contributed by atoms with Gasteiger partial charge in [-0.05, 0) is 44.0 Å². The van der Waals surface area contributed by atoms with Gasteiger partial charge < -0.3 is 4.74 Å². The third-order valence-electron chi connectivity index (χ3n) is 6.97. The number of aromatic nitrogens is 3. The van der Waals surface area contributed by atoms with E-state index in [0.717, 1.165) is 36.2 Å². The smallest absolute Gasteiger partial charge is 0.155 e. The number of ether oxygens (including phenoxy) is 1. The van der Waals surface area contributed by atoms with Gasteiger partial charge in [-0.25, -0.2) is 13.9 Å². The van der Waals surface area contributed by atoms with Crippen LogP contribution in [0.15, 0.2) is 54.7 Å². The van der Waals surface area contributed by atoms with Crippen molar-refractivity contribution in [1.29, 1.82) is 0 Å². The van der Waals surface area contributed by atoms with Crippen molar-refractivity contribution in [3.63, 3.8) is 0 Å². The highest BCUT2D eigenvalue weighted by Crippen LogP contribution is 2.44. The number of benzene rings is 2. The molecular formula is C26H25FN4O. The highest BCUT2D eigenvalue weighted by Gasteiger charge is 2.41. The molecule has 32 heavy (non-hydrogen) atoms. The first kappa shape index (κ1) is 19.4. The minimum absolute atomic E-state index is 0.181. The molecule has 0 spiro atoms. The summed E-state index contributed by atoms with van der Waals surface area (Å²) in [6.45, 7) is 2.67. The van der Waals surface area contributed by atoms with Gasteiger partial charge in [-0.2, -0.15) is 5.10 Å². The minimum atomic E-state index is -0.181. The van der Waals surface area contributed by atoms with Crippen LogP contribution >= 0.6 is 0 Å². The number of methoxy groups -OCH3 is 1. The van der Waals surface area contributed by atoms with E-state index < -0.39 is 0 Å². The number of halogens is 1. The van der Waals surface area contributed by atoms with E-state index in [0.29, 0.717) is 23.9 Å². The fraction of sp³-hybridized carbons (Fsp3) is 0.308. The second-order valence-electron chi connectivity index (χ2n) is 8.91. The molecule has 0 saturated carbocycles. The molecule has 2 aromatic carbocycles. The number of nitrogens with zero attached hydrogens (tertiary/aromatic N) is 4. The Morgan fingerprint density at radius 1 is 1.12 bits per heavy atom. The first-order chi connectivity index (χ1) is 15.6. The van der Waals surface area contributed by atoms with Gasteiger partial charge in [-0.15, -0.1) is 0 Å². The molecule has 2 aliphatic rings. The molecule has 5 nitrogen and oxygen atoms in total. The molecule has 0 amide bonds. The van der Waals surface area contributed by atoms with Crippen LogP contribution in [0.4, 0.5) is 4.39 Å². The van der Waals surface area contributed by atoms with E-state index in [-0.39, 0.29) is 11.9 Å². The zero-order chi connectivity index (χ0) is 21.8. The number of rotatable bonds is 4. The van der Waals surface area contributed by atoms with Crippen LogP contribution in [0.2, 0.25) is 0 Å². The second-order valence-corrected chi connectivity index (χ2v) is 8.91. The highest BCUT2D eigenvalue weighted by molar-refractivity contribution is 5.65. The summed E-state index contributed by atoms with van der Waals surface area (Å²) in [5, 5.41) is 4.94. The Labute approximate surface area is 186 Å². The average molecular weight is 429 g/mol. The predicted molar refractivity (Wildman–Crippen MR) is 121 cm³/mol. The van der Waals surface area contributed by atoms with E-state index in [1.54, 1.807) is 13.2 Å². The Bertz CT molecular complexity index is 1330. The predicted octanol–water partition coefficient (Wildman–Crippen LogP) is 5.11. The van der Waals surface area contributed by atoms with Crippen molar-refractivity contribution in [2.45, 2.75) is 44.8 Å². The third kappa shape index (κ3) is 3.09. The highest BCUT2D eigenvalue weighted by atomic mass is 19.1. The first-order valence-corrected chi connectivity index (χ1v) is 11.1. The maximum absolute atomic E-state index is 14.5. The number of aryl methyl sites for hydroxylation is 1. The lowest BCUT2D eigenvalue weighted by atomic mass is 9.98. The number of hydrogen-bond acceptors (Lipinski definition) is 4. The van der Waals surface area contributed by atoms with E-state index in [9.17, 15) is 4.39 Å². The van der Waals surface area contributed by atoms with E-state index >= 15 is 0 Å². The van der Waals surface area contributed by atoms with E-state index in [1.165, 1.54) is 22.9 Å². The molecule has 2 aliphatic heterocycles. The lowest BCUT2D eigenvalue weighted by molar-refractivity contribution is 0.163. The lowest BCUT2D eigenvalue weighted by Crippen LogP contribution is -2.38. The molecular weight excluding hydrogens is 403 g/mol. The molecule has 2 bridgehead atoms. The summed E-state index contributed by atoms with van der Waals surface area (Å²) in [5.74, 6) is 0.509. The summed E-state index contributed by atoms with van der Waals surface area (Å²) in [5.41, 5.74) is 7.29. The Morgan fingerprint density at radius 3 is 2.88 bits per heavy atom. The van der Waals surface area contributed by atoms with Crippen molar-refractivity contribution in [3.05, 3.63) is 82.9 Å². The van der Waals surface area contributed by atoms with Crippen molar-refractivity contribution >= 4 is 5.65 Å². The standard InChI is InChI=1S/C26H25FN4O/c1-16-4-3-5-17(10-16)23-13-26-28-14-21-24-9-6-19(12-25(21)31(26)29-23)30(24)15-18-11-20(32-2)7-8-22(18)27/h3-5,7-8,10-11,13-14,19,24H,6,9,12,15H2,1-2H3/t19-,24+/m1/s1. The van der Waals surface area contributed by atoms with Gasteiger partial charge in [0.15, 0.2) is 5.65 Å². The van der Waals surface area contributed by atoms with Gasteiger partial charge >= 0.3 is 0 Å². The summed E-state index contributed by atoms with van der Waals surface area (Å²) < 4.78 is 21.9. The van der Waals surface area contributed by atoms with Crippen LogP contribution in [0.25, 0.3) is 16.9 Å². The van der Waals surface area contributed by atoms with Crippen LogP contribution in [0.3, 0.4) is 0 Å². The molecule has 2 aromatic heterocycles. The Balaban J connectivity index is 1.37. The molecule has 162 valence electrons. The molecule has 0 unspecified atom stereocenters. The molecule has 4 heterocycles. The van der Waals surface area contributed by atoms with E-state index in [1.807, 2.05) is 16.8 Å². The maximum Gasteiger partial charge on any atom is 0.155 e.